The molecule has 0 bridgehead atoms. The van der Waals surface area contributed by atoms with E-state index >= 15 is 0 Å². The Kier molecular flexibility index (Phi) is 4.56. The van der Waals surface area contributed by atoms with Crippen LogP contribution < -0.4 is 0 Å². The largest absolute Gasteiger partial charge is 0.392 e. The lowest BCUT2D eigenvalue weighted by Gasteiger charge is -2.31. The van der Waals surface area contributed by atoms with Crippen LogP contribution in [0.1, 0.15) is 30.5 Å². The molecule has 2 nitrogen and oxygen atoms in total. The first-order valence-corrected chi connectivity index (χ1v) is 7.10. The van der Waals surface area contributed by atoms with Crippen LogP contribution in [0.4, 0.5) is 0 Å². The standard InChI is InChI=1S/C18H23NO/c1-14-4-6-16(7-5-14)13-18(2,3)17(20)12-15-8-10-19-11-9-15/h4-11,17,20H,12-13H2,1-3H3. The lowest BCUT2D eigenvalue weighted by Crippen LogP contribution is -2.33. The first-order valence-electron chi connectivity index (χ1n) is 7.10. The fourth-order valence-corrected chi connectivity index (χ4v) is 2.37. The van der Waals surface area contributed by atoms with E-state index in [0.717, 1.165) is 12.0 Å². The van der Waals surface area contributed by atoms with Gasteiger partial charge in [0.05, 0.1) is 6.10 Å². The number of rotatable bonds is 5. The minimum absolute atomic E-state index is 0.154. The molecule has 1 unspecified atom stereocenters. The van der Waals surface area contributed by atoms with Crippen molar-refractivity contribution in [3.8, 4) is 0 Å². The van der Waals surface area contributed by atoms with Gasteiger partial charge in [0.15, 0.2) is 0 Å². The SMILES string of the molecule is Cc1ccc(CC(C)(C)C(O)Cc2ccncc2)cc1. The zero-order chi connectivity index (χ0) is 14.6. The molecular formula is C18H23NO. The summed E-state index contributed by atoms with van der Waals surface area (Å²) in [5.74, 6) is 0. The molecule has 1 aromatic carbocycles. The van der Waals surface area contributed by atoms with Crippen molar-refractivity contribution < 1.29 is 5.11 Å². The van der Waals surface area contributed by atoms with Gasteiger partial charge in [0.25, 0.3) is 0 Å². The highest BCUT2D eigenvalue weighted by Gasteiger charge is 2.28. The molecule has 0 aliphatic carbocycles. The second kappa shape index (κ2) is 6.19. The van der Waals surface area contributed by atoms with E-state index in [9.17, 15) is 5.11 Å². The number of aryl methyl sites for hydroxylation is 1. The second-order valence-electron chi connectivity index (χ2n) is 6.23. The average Bonchev–Trinajstić information content (AvgIpc) is 2.42. The summed E-state index contributed by atoms with van der Waals surface area (Å²) < 4.78 is 0. The van der Waals surface area contributed by atoms with E-state index in [1.807, 2.05) is 12.1 Å². The van der Waals surface area contributed by atoms with Gasteiger partial charge in [0.2, 0.25) is 0 Å². The van der Waals surface area contributed by atoms with Gasteiger partial charge in [0, 0.05) is 12.4 Å². The van der Waals surface area contributed by atoms with Gasteiger partial charge in [-0.1, -0.05) is 43.7 Å². The number of benzene rings is 1. The van der Waals surface area contributed by atoms with E-state index in [1.165, 1.54) is 11.1 Å². The van der Waals surface area contributed by atoms with Gasteiger partial charge in [-0.25, -0.2) is 0 Å². The van der Waals surface area contributed by atoms with Crippen molar-refractivity contribution >= 4 is 0 Å². The Bertz CT molecular complexity index is 531. The van der Waals surface area contributed by atoms with Crippen molar-refractivity contribution in [2.24, 2.45) is 5.41 Å². The van der Waals surface area contributed by atoms with Gasteiger partial charge in [-0.15, -0.1) is 0 Å². The van der Waals surface area contributed by atoms with Crippen molar-refractivity contribution in [2.45, 2.75) is 39.7 Å². The van der Waals surface area contributed by atoms with Crippen LogP contribution in [0.15, 0.2) is 48.8 Å². The van der Waals surface area contributed by atoms with Crippen molar-refractivity contribution in [1.82, 2.24) is 4.98 Å². The summed E-state index contributed by atoms with van der Waals surface area (Å²) in [6, 6.07) is 12.5. The molecule has 0 fully saturated rings. The highest BCUT2D eigenvalue weighted by atomic mass is 16.3. The van der Waals surface area contributed by atoms with Crippen molar-refractivity contribution in [2.75, 3.05) is 0 Å². The van der Waals surface area contributed by atoms with Crippen LogP contribution in [0, 0.1) is 12.3 Å². The monoisotopic (exact) mass is 269 g/mol. The summed E-state index contributed by atoms with van der Waals surface area (Å²) >= 11 is 0. The zero-order valence-electron chi connectivity index (χ0n) is 12.5. The first kappa shape index (κ1) is 14.7. The molecule has 0 radical (unpaired) electrons. The number of hydrogen-bond acceptors (Lipinski definition) is 2. The van der Waals surface area contributed by atoms with Gasteiger partial charge >= 0.3 is 0 Å². The van der Waals surface area contributed by atoms with Crippen molar-refractivity contribution in [3.63, 3.8) is 0 Å². The molecule has 0 saturated heterocycles. The van der Waals surface area contributed by atoms with E-state index in [4.69, 9.17) is 0 Å². The topological polar surface area (TPSA) is 33.1 Å². The molecule has 106 valence electrons. The number of pyridine rings is 1. The summed E-state index contributed by atoms with van der Waals surface area (Å²) in [6.45, 7) is 6.34. The van der Waals surface area contributed by atoms with Gasteiger partial charge < -0.3 is 5.11 Å². The van der Waals surface area contributed by atoms with Crippen LogP contribution in [0.3, 0.4) is 0 Å². The Morgan fingerprint density at radius 2 is 1.60 bits per heavy atom. The number of aromatic nitrogens is 1. The molecule has 2 rings (SSSR count). The highest BCUT2D eigenvalue weighted by Crippen LogP contribution is 2.28. The average molecular weight is 269 g/mol. The lowest BCUT2D eigenvalue weighted by atomic mass is 9.78. The van der Waals surface area contributed by atoms with Crippen LogP contribution in [0.25, 0.3) is 0 Å². The molecule has 1 atom stereocenters. The Balaban J connectivity index is 2.03. The predicted molar refractivity (Wildman–Crippen MR) is 82.6 cm³/mol. The normalized spacial score (nSPS) is 13.2. The molecule has 20 heavy (non-hydrogen) atoms. The summed E-state index contributed by atoms with van der Waals surface area (Å²) in [5, 5.41) is 10.5. The molecule has 0 amide bonds. The van der Waals surface area contributed by atoms with Gasteiger partial charge in [-0.3, -0.25) is 4.98 Å². The van der Waals surface area contributed by atoms with Crippen LogP contribution in [0.2, 0.25) is 0 Å². The van der Waals surface area contributed by atoms with E-state index < -0.39 is 0 Å². The summed E-state index contributed by atoms with van der Waals surface area (Å²) in [5.41, 5.74) is 3.51. The number of nitrogens with zero attached hydrogens (tertiary/aromatic N) is 1. The maximum atomic E-state index is 10.5. The second-order valence-corrected chi connectivity index (χ2v) is 6.23. The Labute approximate surface area is 121 Å². The summed E-state index contributed by atoms with van der Waals surface area (Å²) in [6.07, 6.45) is 4.72. The predicted octanol–water partition coefficient (Wildman–Crippen LogP) is 3.56. The van der Waals surface area contributed by atoms with Crippen LogP contribution in [-0.4, -0.2) is 16.2 Å². The fourth-order valence-electron chi connectivity index (χ4n) is 2.37. The van der Waals surface area contributed by atoms with Gasteiger partial charge in [-0.05, 0) is 48.4 Å². The molecular weight excluding hydrogens is 246 g/mol. The van der Waals surface area contributed by atoms with Crippen molar-refractivity contribution in [1.29, 1.82) is 0 Å². The van der Waals surface area contributed by atoms with E-state index in [-0.39, 0.29) is 11.5 Å². The Hall–Kier alpha value is -1.67. The zero-order valence-corrected chi connectivity index (χ0v) is 12.5. The third-order valence-corrected chi connectivity index (χ3v) is 3.86. The highest BCUT2D eigenvalue weighted by molar-refractivity contribution is 5.22. The van der Waals surface area contributed by atoms with Crippen molar-refractivity contribution in [3.05, 3.63) is 65.5 Å². The molecule has 1 aromatic heterocycles. The molecule has 0 saturated carbocycles. The Morgan fingerprint density at radius 3 is 2.20 bits per heavy atom. The summed E-state index contributed by atoms with van der Waals surface area (Å²) in [4.78, 5) is 4.01. The molecule has 0 spiro atoms. The fraction of sp³-hybridized carbons (Fsp3) is 0.389. The Morgan fingerprint density at radius 1 is 1.00 bits per heavy atom. The third-order valence-electron chi connectivity index (χ3n) is 3.86. The van der Waals surface area contributed by atoms with Gasteiger partial charge in [0.1, 0.15) is 0 Å². The summed E-state index contributed by atoms with van der Waals surface area (Å²) in [7, 11) is 0. The smallest absolute Gasteiger partial charge is 0.0634 e. The van der Waals surface area contributed by atoms with Crippen LogP contribution >= 0.6 is 0 Å². The maximum Gasteiger partial charge on any atom is 0.0634 e. The number of hydrogen-bond donors (Lipinski definition) is 1. The minimum atomic E-state index is -0.369. The van der Waals surface area contributed by atoms with E-state index in [2.05, 4.69) is 50.0 Å². The molecule has 2 aromatic rings. The molecule has 0 aliphatic heterocycles. The molecule has 1 N–H and O–H groups in total. The quantitative estimate of drug-likeness (QED) is 0.900. The molecule has 1 heterocycles. The lowest BCUT2D eigenvalue weighted by molar-refractivity contribution is 0.0507. The molecule has 2 heteroatoms. The minimum Gasteiger partial charge on any atom is -0.392 e. The van der Waals surface area contributed by atoms with E-state index in [0.29, 0.717) is 6.42 Å². The molecule has 0 aliphatic rings. The first-order chi connectivity index (χ1) is 9.47. The third kappa shape index (κ3) is 3.91. The van der Waals surface area contributed by atoms with E-state index in [1.54, 1.807) is 12.4 Å². The van der Waals surface area contributed by atoms with Crippen LogP contribution in [0.5, 0.6) is 0 Å². The number of aliphatic hydroxyl groups excluding tert-OH is 1. The van der Waals surface area contributed by atoms with Crippen LogP contribution in [-0.2, 0) is 12.8 Å². The van der Waals surface area contributed by atoms with Gasteiger partial charge in [-0.2, -0.15) is 0 Å². The number of aliphatic hydroxyl groups is 1. The maximum absolute atomic E-state index is 10.5.